The molecular weight excluding hydrogens is 468 g/mol. The van der Waals surface area contributed by atoms with Crippen molar-refractivity contribution in [2.24, 2.45) is 7.05 Å². The number of alkyl halides is 3. The van der Waals surface area contributed by atoms with Crippen molar-refractivity contribution >= 4 is 5.91 Å². The topological polar surface area (TPSA) is 94.8 Å². The van der Waals surface area contributed by atoms with Crippen LogP contribution in [0.5, 0.6) is 5.75 Å². The Kier molecular flexibility index (Phi) is 6.45. The van der Waals surface area contributed by atoms with Gasteiger partial charge in [-0.05, 0) is 55.0 Å². The van der Waals surface area contributed by atoms with Gasteiger partial charge < -0.3 is 10.1 Å². The average molecular weight is 486 g/mol. The number of pyridine rings is 1. The summed E-state index contributed by atoms with van der Waals surface area (Å²) in [5, 5.41) is 6.83. The van der Waals surface area contributed by atoms with Crippen LogP contribution in [0.15, 0.2) is 61.1 Å². The molecule has 3 heterocycles. The molecule has 0 bridgehead atoms. The van der Waals surface area contributed by atoms with Crippen LogP contribution in [0, 0.1) is 5.95 Å². The second-order valence-corrected chi connectivity index (χ2v) is 7.54. The van der Waals surface area contributed by atoms with Gasteiger partial charge in [-0.1, -0.05) is 0 Å². The maximum absolute atomic E-state index is 13.5. The molecule has 1 N–H and O–H groups in total. The van der Waals surface area contributed by atoms with Gasteiger partial charge in [-0.3, -0.25) is 9.48 Å². The number of carbonyl (C=O) groups excluding carboxylic acids is 1. The molecule has 1 amide bonds. The van der Waals surface area contributed by atoms with E-state index in [1.807, 2.05) is 0 Å². The number of nitrogens with zero attached hydrogens (tertiary/aromatic N) is 5. The van der Waals surface area contributed by atoms with Crippen LogP contribution in [0.3, 0.4) is 0 Å². The molecule has 0 saturated carbocycles. The normalized spacial score (nSPS) is 12.3. The number of amides is 1. The Bertz CT molecular complexity index is 1350. The zero-order chi connectivity index (χ0) is 25.2. The van der Waals surface area contributed by atoms with Crippen molar-refractivity contribution in [3.05, 3.63) is 78.3 Å². The fourth-order valence-electron chi connectivity index (χ4n) is 3.25. The van der Waals surface area contributed by atoms with E-state index >= 15 is 0 Å². The van der Waals surface area contributed by atoms with Crippen LogP contribution in [0.25, 0.3) is 22.6 Å². The standard InChI is InChI=1S/C23H18F4N6O2/c1-13(15-7-8-28-20(24)9-15)30-22(34)19-10-18(31-21(32-19)16-11-29-33(2)12-16)14-3-5-17(6-4-14)35-23(25,26)27/h3-13H,1-2H3,(H,30,34)/t13-/m0/s1. The predicted octanol–water partition coefficient (Wildman–Crippen LogP) is 4.47. The Morgan fingerprint density at radius 3 is 2.46 bits per heavy atom. The molecule has 0 aliphatic heterocycles. The molecule has 0 unspecified atom stereocenters. The first-order valence-corrected chi connectivity index (χ1v) is 10.2. The summed E-state index contributed by atoms with van der Waals surface area (Å²) in [4.78, 5) is 25.3. The van der Waals surface area contributed by atoms with E-state index in [1.54, 1.807) is 26.2 Å². The molecule has 0 radical (unpaired) electrons. The summed E-state index contributed by atoms with van der Waals surface area (Å²) in [6, 6.07) is 8.71. The van der Waals surface area contributed by atoms with Crippen LogP contribution in [-0.2, 0) is 7.05 Å². The molecule has 0 aliphatic rings. The number of nitrogens with one attached hydrogen (secondary N) is 1. The summed E-state index contributed by atoms with van der Waals surface area (Å²) >= 11 is 0. The number of halogens is 4. The quantitative estimate of drug-likeness (QED) is 0.319. The largest absolute Gasteiger partial charge is 0.573 e. The molecule has 0 aliphatic carbocycles. The van der Waals surface area contributed by atoms with Gasteiger partial charge in [-0.15, -0.1) is 13.2 Å². The van der Waals surface area contributed by atoms with Gasteiger partial charge in [0.25, 0.3) is 5.91 Å². The molecule has 1 atom stereocenters. The fourth-order valence-corrected chi connectivity index (χ4v) is 3.25. The lowest BCUT2D eigenvalue weighted by molar-refractivity contribution is -0.274. The number of rotatable bonds is 6. The van der Waals surface area contributed by atoms with Crippen molar-refractivity contribution in [1.29, 1.82) is 0 Å². The number of aromatic nitrogens is 5. The highest BCUT2D eigenvalue weighted by Crippen LogP contribution is 2.27. The van der Waals surface area contributed by atoms with Crippen LogP contribution < -0.4 is 10.1 Å². The number of hydrogen-bond acceptors (Lipinski definition) is 6. The van der Waals surface area contributed by atoms with Gasteiger partial charge in [0.2, 0.25) is 5.95 Å². The third-order valence-electron chi connectivity index (χ3n) is 4.90. The van der Waals surface area contributed by atoms with Crippen LogP contribution in [0.4, 0.5) is 17.6 Å². The SMILES string of the molecule is C[C@H](NC(=O)c1cc(-c2ccc(OC(F)(F)F)cc2)nc(-c2cnn(C)c2)n1)c1ccnc(F)c1. The highest BCUT2D eigenvalue weighted by molar-refractivity contribution is 5.94. The molecule has 0 fully saturated rings. The average Bonchev–Trinajstić information content (AvgIpc) is 3.24. The number of benzene rings is 1. The van der Waals surface area contributed by atoms with E-state index in [1.165, 1.54) is 41.3 Å². The summed E-state index contributed by atoms with van der Waals surface area (Å²) in [7, 11) is 1.70. The summed E-state index contributed by atoms with van der Waals surface area (Å²) in [6.45, 7) is 1.68. The van der Waals surface area contributed by atoms with Crippen molar-refractivity contribution in [3.63, 3.8) is 0 Å². The third kappa shape index (κ3) is 5.96. The molecule has 0 spiro atoms. The van der Waals surface area contributed by atoms with E-state index in [0.717, 1.165) is 12.1 Å². The van der Waals surface area contributed by atoms with Gasteiger partial charge in [-0.2, -0.15) is 9.49 Å². The van der Waals surface area contributed by atoms with Gasteiger partial charge in [0.05, 0.1) is 23.5 Å². The predicted molar refractivity (Wildman–Crippen MR) is 116 cm³/mol. The zero-order valence-corrected chi connectivity index (χ0v) is 18.4. The summed E-state index contributed by atoms with van der Waals surface area (Å²) in [5.41, 5.74) is 1.78. The summed E-state index contributed by atoms with van der Waals surface area (Å²) in [5.74, 6) is -1.43. The van der Waals surface area contributed by atoms with Gasteiger partial charge in [0, 0.05) is 25.0 Å². The van der Waals surface area contributed by atoms with E-state index in [2.05, 4.69) is 30.1 Å². The number of hydrogen-bond donors (Lipinski definition) is 1. The Hall–Kier alpha value is -4.35. The molecule has 1 aromatic carbocycles. The van der Waals surface area contributed by atoms with Crippen LogP contribution >= 0.6 is 0 Å². The van der Waals surface area contributed by atoms with Crippen molar-refractivity contribution in [2.45, 2.75) is 19.3 Å². The van der Waals surface area contributed by atoms with E-state index < -0.39 is 24.3 Å². The lowest BCUT2D eigenvalue weighted by Crippen LogP contribution is -2.28. The molecule has 4 aromatic rings. The maximum atomic E-state index is 13.5. The fraction of sp³-hybridized carbons (Fsp3) is 0.174. The maximum Gasteiger partial charge on any atom is 0.573 e. The summed E-state index contributed by atoms with van der Waals surface area (Å²) < 4.78 is 56.3. The van der Waals surface area contributed by atoms with Crippen LogP contribution in [-0.4, -0.2) is 37.0 Å². The van der Waals surface area contributed by atoms with E-state index in [0.29, 0.717) is 22.4 Å². The Morgan fingerprint density at radius 2 is 1.83 bits per heavy atom. The van der Waals surface area contributed by atoms with Crippen molar-refractivity contribution < 1.29 is 27.1 Å². The molecule has 3 aromatic heterocycles. The lowest BCUT2D eigenvalue weighted by atomic mass is 10.1. The van der Waals surface area contributed by atoms with E-state index in [9.17, 15) is 22.4 Å². The first-order chi connectivity index (χ1) is 16.6. The number of ether oxygens (including phenoxy) is 1. The number of carbonyl (C=O) groups is 1. The highest BCUT2D eigenvalue weighted by atomic mass is 19.4. The number of aryl methyl sites for hydroxylation is 1. The van der Waals surface area contributed by atoms with Crippen LogP contribution in [0.2, 0.25) is 0 Å². The van der Waals surface area contributed by atoms with Crippen molar-refractivity contribution in [3.8, 4) is 28.4 Å². The second kappa shape index (κ2) is 9.49. The van der Waals surface area contributed by atoms with Crippen molar-refractivity contribution in [2.75, 3.05) is 0 Å². The molecule has 8 nitrogen and oxygen atoms in total. The van der Waals surface area contributed by atoms with Gasteiger partial charge >= 0.3 is 6.36 Å². The minimum Gasteiger partial charge on any atom is -0.406 e. The molecule has 12 heteroatoms. The van der Waals surface area contributed by atoms with Gasteiger partial charge in [-0.25, -0.2) is 15.0 Å². The summed E-state index contributed by atoms with van der Waals surface area (Å²) in [6.07, 6.45) is -0.348. The first kappa shape index (κ1) is 23.8. The van der Waals surface area contributed by atoms with Gasteiger partial charge in [0.15, 0.2) is 5.82 Å². The minimum absolute atomic E-state index is 0.00542. The Morgan fingerprint density at radius 1 is 1.09 bits per heavy atom. The molecule has 0 saturated heterocycles. The smallest absolute Gasteiger partial charge is 0.406 e. The molecule has 180 valence electrons. The van der Waals surface area contributed by atoms with E-state index in [-0.39, 0.29) is 17.3 Å². The first-order valence-electron chi connectivity index (χ1n) is 10.2. The van der Waals surface area contributed by atoms with Crippen LogP contribution in [0.1, 0.15) is 29.0 Å². The monoisotopic (exact) mass is 486 g/mol. The molecule has 35 heavy (non-hydrogen) atoms. The second-order valence-electron chi connectivity index (χ2n) is 7.54. The van der Waals surface area contributed by atoms with Crippen molar-refractivity contribution in [1.82, 2.24) is 30.0 Å². The Labute approximate surface area is 196 Å². The molecule has 4 rings (SSSR count). The Balaban J connectivity index is 1.68. The third-order valence-corrected chi connectivity index (χ3v) is 4.90. The van der Waals surface area contributed by atoms with Gasteiger partial charge in [0.1, 0.15) is 11.4 Å². The highest BCUT2D eigenvalue weighted by Gasteiger charge is 2.31. The lowest BCUT2D eigenvalue weighted by Gasteiger charge is -2.15. The molecular formula is C23H18F4N6O2. The minimum atomic E-state index is -4.82. The zero-order valence-electron chi connectivity index (χ0n) is 18.4. The van der Waals surface area contributed by atoms with E-state index in [4.69, 9.17) is 0 Å².